The van der Waals surface area contributed by atoms with E-state index >= 15 is 0 Å². The molecule has 122 valence electrons. The van der Waals surface area contributed by atoms with Crippen LogP contribution in [0.1, 0.15) is 22.3 Å². The summed E-state index contributed by atoms with van der Waals surface area (Å²) < 4.78 is 42.0. The van der Waals surface area contributed by atoms with E-state index in [9.17, 15) is 22.8 Å². The third kappa shape index (κ3) is 6.13. The van der Waals surface area contributed by atoms with Crippen LogP contribution in [0.2, 0.25) is 0 Å². The molecular formula is C14H17F3N2O3. The molecule has 0 unspecified atom stereocenters. The monoisotopic (exact) mass is 318 g/mol. The van der Waals surface area contributed by atoms with Crippen molar-refractivity contribution in [2.45, 2.75) is 12.6 Å². The zero-order valence-electron chi connectivity index (χ0n) is 12.0. The number of alkyl halides is 3. The average molecular weight is 318 g/mol. The number of hydrogen-bond donors (Lipinski definition) is 2. The SMILES string of the molecule is COCCCNC(=O)CNC(=O)c1ccc(C(F)(F)F)cc1. The number of methoxy groups -OCH3 is 1. The van der Waals surface area contributed by atoms with E-state index in [1.165, 1.54) is 0 Å². The standard InChI is InChI=1S/C14H17F3N2O3/c1-22-8-2-7-18-12(20)9-19-13(21)10-3-5-11(6-4-10)14(15,16)17/h3-6H,2,7-9H2,1H3,(H,18,20)(H,19,21). The van der Waals surface area contributed by atoms with Crippen LogP contribution in [0.25, 0.3) is 0 Å². The summed E-state index contributed by atoms with van der Waals surface area (Å²) in [6.45, 7) is 0.688. The van der Waals surface area contributed by atoms with Gasteiger partial charge >= 0.3 is 6.18 Å². The molecule has 0 aromatic heterocycles. The van der Waals surface area contributed by atoms with Crippen molar-refractivity contribution in [1.82, 2.24) is 10.6 Å². The number of rotatable bonds is 7. The van der Waals surface area contributed by atoms with E-state index in [1.54, 1.807) is 7.11 Å². The quantitative estimate of drug-likeness (QED) is 0.750. The highest BCUT2D eigenvalue weighted by molar-refractivity contribution is 5.96. The van der Waals surface area contributed by atoms with Crippen molar-refractivity contribution in [3.05, 3.63) is 35.4 Å². The molecule has 0 fully saturated rings. The first-order valence-electron chi connectivity index (χ1n) is 6.55. The Labute approximate surface area is 125 Å². The zero-order chi connectivity index (χ0) is 16.6. The number of carbonyl (C=O) groups excluding carboxylic acids is 2. The van der Waals surface area contributed by atoms with E-state index in [4.69, 9.17) is 4.74 Å². The van der Waals surface area contributed by atoms with E-state index in [2.05, 4.69) is 10.6 Å². The van der Waals surface area contributed by atoms with Crippen molar-refractivity contribution >= 4 is 11.8 Å². The Kier molecular flexibility index (Phi) is 6.84. The van der Waals surface area contributed by atoms with Crippen LogP contribution in [-0.2, 0) is 15.7 Å². The molecule has 2 N–H and O–H groups in total. The maximum absolute atomic E-state index is 12.4. The Bertz CT molecular complexity index is 501. The minimum Gasteiger partial charge on any atom is -0.385 e. The van der Waals surface area contributed by atoms with Crippen molar-refractivity contribution in [2.24, 2.45) is 0 Å². The third-order valence-corrected chi connectivity index (χ3v) is 2.73. The van der Waals surface area contributed by atoms with Gasteiger partial charge in [0.25, 0.3) is 5.91 Å². The van der Waals surface area contributed by atoms with E-state index in [0.29, 0.717) is 19.6 Å². The number of halogens is 3. The molecule has 1 aromatic carbocycles. The molecule has 0 atom stereocenters. The molecule has 5 nitrogen and oxygen atoms in total. The van der Waals surface area contributed by atoms with Crippen molar-refractivity contribution in [1.29, 1.82) is 0 Å². The van der Waals surface area contributed by atoms with Crippen LogP contribution < -0.4 is 10.6 Å². The van der Waals surface area contributed by atoms with Crippen molar-refractivity contribution < 1.29 is 27.5 Å². The molecule has 0 heterocycles. The predicted octanol–water partition coefficient (Wildman–Crippen LogP) is 1.59. The van der Waals surface area contributed by atoms with Gasteiger partial charge < -0.3 is 15.4 Å². The van der Waals surface area contributed by atoms with Gasteiger partial charge in [-0.05, 0) is 30.7 Å². The molecule has 0 saturated heterocycles. The summed E-state index contributed by atoms with van der Waals surface area (Å²) in [6, 6.07) is 3.77. The Morgan fingerprint density at radius 3 is 2.32 bits per heavy atom. The van der Waals surface area contributed by atoms with E-state index in [0.717, 1.165) is 24.3 Å². The normalized spacial score (nSPS) is 11.1. The fourth-order valence-electron chi connectivity index (χ4n) is 1.58. The fraction of sp³-hybridized carbons (Fsp3) is 0.429. The van der Waals surface area contributed by atoms with E-state index in [1.807, 2.05) is 0 Å². The number of carbonyl (C=O) groups is 2. The molecule has 0 aliphatic carbocycles. The topological polar surface area (TPSA) is 67.4 Å². The van der Waals surface area contributed by atoms with Gasteiger partial charge in [0.1, 0.15) is 0 Å². The highest BCUT2D eigenvalue weighted by Crippen LogP contribution is 2.28. The molecule has 0 saturated carbocycles. The minimum absolute atomic E-state index is 0.0557. The molecule has 1 aromatic rings. The van der Waals surface area contributed by atoms with Crippen LogP contribution >= 0.6 is 0 Å². The lowest BCUT2D eigenvalue weighted by atomic mass is 10.1. The van der Waals surface area contributed by atoms with Gasteiger partial charge in [-0.3, -0.25) is 9.59 Å². The molecule has 8 heteroatoms. The van der Waals surface area contributed by atoms with Gasteiger partial charge in [0.15, 0.2) is 0 Å². The lowest BCUT2D eigenvalue weighted by molar-refractivity contribution is -0.137. The first-order valence-corrected chi connectivity index (χ1v) is 6.55. The second-order valence-electron chi connectivity index (χ2n) is 4.45. The third-order valence-electron chi connectivity index (χ3n) is 2.73. The first-order chi connectivity index (χ1) is 10.3. The van der Waals surface area contributed by atoms with Gasteiger partial charge in [-0.2, -0.15) is 13.2 Å². The summed E-state index contributed by atoms with van der Waals surface area (Å²) in [4.78, 5) is 23.1. The predicted molar refractivity (Wildman–Crippen MR) is 73.3 cm³/mol. The van der Waals surface area contributed by atoms with Gasteiger partial charge in [-0.1, -0.05) is 0 Å². The minimum atomic E-state index is -4.45. The highest BCUT2D eigenvalue weighted by Gasteiger charge is 2.30. The lowest BCUT2D eigenvalue weighted by Crippen LogP contribution is -2.37. The van der Waals surface area contributed by atoms with Crippen LogP contribution in [-0.4, -0.2) is 38.6 Å². The van der Waals surface area contributed by atoms with Crippen LogP contribution in [0, 0.1) is 0 Å². The molecule has 22 heavy (non-hydrogen) atoms. The molecule has 0 bridgehead atoms. The Morgan fingerprint density at radius 1 is 1.14 bits per heavy atom. The summed E-state index contributed by atoms with van der Waals surface area (Å²) in [6.07, 6.45) is -3.80. The fourth-order valence-corrected chi connectivity index (χ4v) is 1.58. The molecule has 2 amide bonds. The molecule has 1 rings (SSSR count). The number of hydrogen-bond acceptors (Lipinski definition) is 3. The second kappa shape index (κ2) is 8.38. The van der Waals surface area contributed by atoms with E-state index < -0.39 is 17.6 Å². The van der Waals surface area contributed by atoms with Crippen molar-refractivity contribution in [3.63, 3.8) is 0 Å². The van der Waals surface area contributed by atoms with Gasteiger partial charge in [-0.25, -0.2) is 0 Å². The van der Waals surface area contributed by atoms with E-state index in [-0.39, 0.29) is 18.0 Å². The molecule has 0 aliphatic heterocycles. The van der Waals surface area contributed by atoms with Gasteiger partial charge in [0, 0.05) is 25.8 Å². The van der Waals surface area contributed by atoms with Gasteiger partial charge in [0.05, 0.1) is 12.1 Å². The summed E-state index contributed by atoms with van der Waals surface area (Å²) in [5.74, 6) is -0.989. The van der Waals surface area contributed by atoms with Crippen molar-refractivity contribution in [2.75, 3.05) is 26.8 Å². The van der Waals surface area contributed by atoms with Crippen molar-refractivity contribution in [3.8, 4) is 0 Å². The van der Waals surface area contributed by atoms with Gasteiger partial charge in [-0.15, -0.1) is 0 Å². The average Bonchev–Trinajstić information content (AvgIpc) is 2.48. The largest absolute Gasteiger partial charge is 0.416 e. The second-order valence-corrected chi connectivity index (χ2v) is 4.45. The molecular weight excluding hydrogens is 301 g/mol. The molecule has 0 spiro atoms. The Balaban J connectivity index is 2.40. The number of amides is 2. The smallest absolute Gasteiger partial charge is 0.385 e. The molecule has 0 radical (unpaired) electrons. The summed E-state index contributed by atoms with van der Waals surface area (Å²) in [5.41, 5.74) is -0.778. The maximum Gasteiger partial charge on any atom is 0.416 e. The van der Waals surface area contributed by atoms with Crippen LogP contribution in [0.3, 0.4) is 0 Å². The van der Waals surface area contributed by atoms with Crippen LogP contribution in [0.4, 0.5) is 13.2 Å². The highest BCUT2D eigenvalue weighted by atomic mass is 19.4. The maximum atomic E-state index is 12.4. The summed E-state index contributed by atoms with van der Waals surface area (Å²) in [5, 5.41) is 4.91. The Morgan fingerprint density at radius 2 is 1.77 bits per heavy atom. The zero-order valence-corrected chi connectivity index (χ0v) is 12.0. The van der Waals surface area contributed by atoms with Crippen LogP contribution in [0.15, 0.2) is 24.3 Å². The number of ether oxygens (including phenoxy) is 1. The summed E-state index contributed by atoms with van der Waals surface area (Å²) in [7, 11) is 1.55. The summed E-state index contributed by atoms with van der Waals surface area (Å²) >= 11 is 0. The van der Waals surface area contributed by atoms with Gasteiger partial charge in [0.2, 0.25) is 5.91 Å². The number of nitrogens with one attached hydrogen (secondary N) is 2. The number of benzene rings is 1. The van der Waals surface area contributed by atoms with Crippen LogP contribution in [0.5, 0.6) is 0 Å². The lowest BCUT2D eigenvalue weighted by Gasteiger charge is -2.09. The first kappa shape index (κ1) is 18.0. The molecule has 0 aliphatic rings. The Hall–Kier alpha value is -2.09.